The molecule has 4 aromatic heterocycles. The number of hydrogen-bond acceptors (Lipinski definition) is 38. The van der Waals surface area contributed by atoms with Crippen molar-refractivity contribution in [2.75, 3.05) is 70.1 Å². The van der Waals surface area contributed by atoms with E-state index in [4.69, 9.17) is 103 Å². The number of H-pyrrole nitrogens is 4. The highest BCUT2D eigenvalue weighted by atomic mass is 35.6. The summed E-state index contributed by atoms with van der Waals surface area (Å²) < 4.78 is 96.6. The van der Waals surface area contributed by atoms with E-state index in [0.717, 1.165) is 122 Å². The van der Waals surface area contributed by atoms with Gasteiger partial charge < -0.3 is 75.7 Å². The van der Waals surface area contributed by atoms with Gasteiger partial charge in [0.05, 0.1) is 45.1 Å². The lowest BCUT2D eigenvalue weighted by Gasteiger charge is -2.29. The molecule has 0 aliphatic carbocycles. The van der Waals surface area contributed by atoms with Gasteiger partial charge in [0.1, 0.15) is 84.4 Å². The lowest BCUT2D eigenvalue weighted by Crippen LogP contribution is -2.44. The molecule has 3 aromatic carbocycles. The third-order valence-electron chi connectivity index (χ3n) is 22.0. The first kappa shape index (κ1) is 141. The maximum atomic E-state index is 13.7. The molecule has 0 spiro atoms. The molecule has 0 bridgehead atoms. The standard InChI is InChI=1S/C25H36N3O9PS.C24H34N3O10PS.C18H27N2O9PS.C10H14N2O6.C7H9N.CCl4.2CH4.H6P4.H5P3/c1-5-24(2,3)22(32)39-14-13-35-38(34,26-15-17-9-7-6-8-10-17)36-16-25(4)20(31)19(30)21(37-25)28-12-11-18(29)27-23(28)33;1-23(2,14-28)21(32)39-12-11-35-38(34,25-13-16-7-5-4-6-8-16)36-15-24(3)19(31)18(30)20(37-24)27-10-9-17(29)26-22(27)33;1-5-17(2,3)15(24)31-9-8-27-30(26)28-10-18(4)13(23)12(22)14(29-18)20-7-6-11(21)19-16(20)25;1-10(4-13)7(16)6(15)8(18-10)12-3-2-5(14)11-9(12)17;8-6-7-4-2-1-3-5-7;2-1(3,4)5;;;1-4(2)3;1-3-2/h6-12,19-21,30-31H,5,13-16H2,1-4H3,(H,26,34)(H,27,29,33);4-10,18-20,28,30-31H,11-15H2,1-3H3,(H,25,34)(H,26,29,33);6-7,12-14,22-23H,5,8-10H2,1-4H3;2-3,6-8,13,15-16H,4H2,1H3,(H,11,14,17);1-5H,6,8H2;;2*1H4;1-3H2;3H,1-2H2/p+1/t19-,20+,21-,25-,38?;18-,19+,20-,24-,38?;12-,13+,14-,18-;6-,7+,8-,10-;;;;;;/m1111....../s1. The number of thioether (sulfide) groups is 3. The third kappa shape index (κ3) is 46.2. The first-order valence-corrected chi connectivity index (χ1v) is 63.9. The first-order chi connectivity index (χ1) is 68.5. The number of ether oxygens (including phenoxy) is 4. The van der Waals surface area contributed by atoms with E-state index in [1.165, 1.54) is 33.3 Å². The normalized spacial score (nSPS) is 24.2. The molecule has 0 saturated carbocycles. The Bertz CT molecular complexity index is 5700. The van der Waals surface area contributed by atoms with E-state index in [1.54, 1.807) is 38.1 Å². The number of aromatic amines is 4. The second-order valence-electron chi connectivity index (χ2n) is 35.1. The predicted octanol–water partition coefficient (Wildman–Crippen LogP) is 9.45. The van der Waals surface area contributed by atoms with E-state index in [-0.39, 0.29) is 88.2 Å². The van der Waals surface area contributed by atoms with Gasteiger partial charge in [-0.3, -0.25) is 89.9 Å². The van der Waals surface area contributed by atoms with Gasteiger partial charge in [0, 0.05) is 101 Å². The molecule has 18 N–H and O–H groups in total. The number of aromatic nitrogens is 8. The van der Waals surface area contributed by atoms with Gasteiger partial charge in [0.25, 0.3) is 25.5 Å². The number of benzene rings is 3. The molecule has 62 heteroatoms. The summed E-state index contributed by atoms with van der Waals surface area (Å²) in [6, 6.07) is 32.5. The Labute approximate surface area is 909 Å². The zero-order chi connectivity index (χ0) is 111. The summed E-state index contributed by atoms with van der Waals surface area (Å²) in [5, 5.41) is 107. The SMILES string of the molecule is C.C.CC(C)(CO)C(=O)SCCOP(=O)(NCc1ccccc1)OC[C@@]1(C)O[C@@H](n2ccc(=O)[nH]c2=O)[C@H](O)[C@@H]1O.CCC(C)(C)C(=O)SCCOP(=O)(NCc1ccccc1)OC[C@@]1(C)O[C@@H](n2ccc(=O)[nH]c2=O)[C@H](O)[C@@H]1O.CCC(C)(C)C(=O)SCCO[P+](=O)OC[C@@]1(C)O[C@@H](n2ccc(=O)[nH]c2=O)[C@H](O)[C@@H]1O.C[C@]1(CO)O[C@@H](n2ccc(=O)[nH]c2=O)[C@H](O)[C@@H]1O.ClC(Cl)(Cl)Cl.NCc1ccccc1.PP(P)P.PPP. The van der Waals surface area contributed by atoms with Crippen LogP contribution in [0.4, 0.5) is 0 Å². The zero-order valence-electron chi connectivity index (χ0n) is 82.1. The van der Waals surface area contributed by atoms with Crippen molar-refractivity contribution in [2.45, 2.75) is 230 Å². The predicted molar refractivity (Wildman–Crippen MR) is 599 cm³/mol. The molecule has 4 aliphatic heterocycles. The van der Waals surface area contributed by atoms with Gasteiger partial charge in [-0.25, -0.2) is 38.5 Å². The number of halogens is 4. The maximum Gasteiger partial charge on any atom is 0.697 e. The van der Waals surface area contributed by atoms with E-state index >= 15 is 0 Å². The zero-order valence-corrected chi connectivity index (χ0v) is 97.9. The Hall–Kier alpha value is -3.75. The van der Waals surface area contributed by atoms with Gasteiger partial charge >= 0.3 is 46.5 Å². The molecule has 7 aromatic rings. The fourth-order valence-electron chi connectivity index (χ4n) is 12.5. The summed E-state index contributed by atoms with van der Waals surface area (Å²) >= 11 is 22.4. The first-order valence-electron chi connectivity index (χ1n) is 44.4. The summed E-state index contributed by atoms with van der Waals surface area (Å²) in [6.45, 7) is 18.8. The minimum Gasteiger partial charge on any atom is -0.395 e. The topological polar surface area (TPSA) is 667 Å². The third-order valence-corrected chi connectivity index (χ3v) is 29.4. The van der Waals surface area contributed by atoms with E-state index in [1.807, 2.05) is 123 Å². The Balaban J connectivity index is 0.000000640. The van der Waals surface area contributed by atoms with Crippen LogP contribution in [0.2, 0.25) is 0 Å². The van der Waals surface area contributed by atoms with Crippen molar-refractivity contribution in [2.24, 2.45) is 22.0 Å². The molecular weight excluding hydrogens is 2290 g/mol. The monoisotopic (exact) mass is 2430 g/mol. The van der Waals surface area contributed by atoms with Gasteiger partial charge in [0.2, 0.25) is 0 Å². The van der Waals surface area contributed by atoms with Crippen LogP contribution < -0.4 is 60.9 Å². The minimum absolute atomic E-state index is 0. The molecular formula is C87H140Cl4N11O34P10S3+. The van der Waals surface area contributed by atoms with Gasteiger partial charge in [-0.15, -0.1) is 53.7 Å². The van der Waals surface area contributed by atoms with Crippen molar-refractivity contribution in [3.63, 3.8) is 0 Å². The molecule has 0 amide bonds. The second-order valence-corrected chi connectivity index (χ2v) is 62.3. The van der Waals surface area contributed by atoms with Crippen molar-refractivity contribution in [3.05, 3.63) is 240 Å². The van der Waals surface area contributed by atoms with Crippen LogP contribution >= 0.6 is 165 Å². The van der Waals surface area contributed by atoms with Crippen LogP contribution in [0, 0.1) is 16.2 Å². The number of aliphatic hydroxyl groups excluding tert-OH is 10. The highest BCUT2D eigenvalue weighted by molar-refractivity contribution is 8.65. The van der Waals surface area contributed by atoms with Gasteiger partial charge in [-0.1, -0.05) is 237 Å². The lowest BCUT2D eigenvalue weighted by molar-refractivity contribution is -0.120. The van der Waals surface area contributed by atoms with Crippen molar-refractivity contribution >= 4 is 180 Å². The molecule has 4 fully saturated rings. The highest BCUT2D eigenvalue weighted by Gasteiger charge is 2.57. The van der Waals surface area contributed by atoms with Crippen LogP contribution in [-0.4, -0.2) is 249 Å². The van der Waals surface area contributed by atoms with E-state index < -0.39 is 211 Å². The van der Waals surface area contributed by atoms with Crippen LogP contribution in [0.25, 0.3) is 0 Å². The molecule has 842 valence electrons. The Morgan fingerprint density at radius 1 is 0.463 bits per heavy atom. The summed E-state index contributed by atoms with van der Waals surface area (Å²) in [5.74, 6) is 0.683. The van der Waals surface area contributed by atoms with Crippen molar-refractivity contribution in [1.29, 1.82) is 0 Å². The summed E-state index contributed by atoms with van der Waals surface area (Å²) in [4.78, 5) is 138. The van der Waals surface area contributed by atoms with Crippen molar-refractivity contribution in [1.82, 2.24) is 48.4 Å². The average Bonchev–Trinajstić information content (AvgIpc) is 1.64. The number of carbonyl (C=O) groups is 3. The largest absolute Gasteiger partial charge is 0.697 e. The molecule has 149 heavy (non-hydrogen) atoms. The van der Waals surface area contributed by atoms with Crippen LogP contribution in [0.3, 0.4) is 0 Å². The smallest absolute Gasteiger partial charge is 0.395 e. The van der Waals surface area contributed by atoms with E-state index in [0.29, 0.717) is 25.1 Å². The molecule has 4 aliphatic rings. The molecule has 8 unspecified atom stereocenters. The average molecular weight is 2430 g/mol. The molecule has 11 rings (SSSR count). The number of rotatable bonds is 39. The number of aliphatic hydroxyl groups is 10. The van der Waals surface area contributed by atoms with Crippen LogP contribution in [0.1, 0.15) is 152 Å². The molecule has 24 atom stereocenters. The number of nitrogens with two attached hydrogens (primary N) is 1. The maximum absolute atomic E-state index is 13.7. The van der Waals surface area contributed by atoms with Crippen LogP contribution in [-0.2, 0) is 93.8 Å². The summed E-state index contributed by atoms with van der Waals surface area (Å²) in [5.41, 5.74) is -5.54. The number of nitrogens with zero attached hydrogens (tertiary/aromatic N) is 4. The van der Waals surface area contributed by atoms with Gasteiger partial charge in [-0.05, 0) is 78.1 Å². The summed E-state index contributed by atoms with van der Waals surface area (Å²) in [7, 11) is 3.37. The van der Waals surface area contributed by atoms with Crippen LogP contribution in [0.5, 0.6) is 0 Å². The Morgan fingerprint density at radius 2 is 0.718 bits per heavy atom. The fourth-order valence-corrected chi connectivity index (χ4v) is 18.9. The summed E-state index contributed by atoms with van der Waals surface area (Å²) in [6.07, 6.45) is -11.1. The number of hydrogen-bond donors (Lipinski definition) is 17. The fraction of sp³-hybridized carbons (Fsp3) is 0.575. The molecule has 0 radical (unpaired) electrons. The van der Waals surface area contributed by atoms with Crippen molar-refractivity contribution < 1.29 is 125 Å². The number of alkyl halides is 4. The highest BCUT2D eigenvalue weighted by Crippen LogP contribution is 2.60. The second kappa shape index (κ2) is 66.3. The lowest BCUT2D eigenvalue weighted by atomic mass is 9.92. The van der Waals surface area contributed by atoms with Gasteiger partial charge in [-0.2, -0.15) is 0 Å². The number of nitrogens with one attached hydrogen (secondary N) is 6. The molecule has 8 heterocycles. The Morgan fingerprint density at radius 3 is 0.966 bits per heavy atom. The number of carbonyl (C=O) groups excluding carboxylic acids is 3. The van der Waals surface area contributed by atoms with Crippen molar-refractivity contribution in [3.8, 4) is 0 Å². The molecule has 4 saturated heterocycles. The van der Waals surface area contributed by atoms with Crippen LogP contribution in [0.15, 0.2) is 178 Å². The quantitative estimate of drug-likeness (QED) is 0.00968. The van der Waals surface area contributed by atoms with E-state index in [9.17, 15) is 112 Å². The Kier molecular flexibility index (Phi) is 62.9. The molecule has 45 nitrogen and oxygen atoms in total. The van der Waals surface area contributed by atoms with E-state index in [2.05, 4.69) is 59.8 Å². The minimum atomic E-state index is -4.05. The van der Waals surface area contributed by atoms with Gasteiger partial charge in [0.15, 0.2) is 40.3 Å².